The zero-order chi connectivity index (χ0) is 21.9. The van der Waals surface area contributed by atoms with Gasteiger partial charge < -0.3 is 4.74 Å². The van der Waals surface area contributed by atoms with Gasteiger partial charge in [0.15, 0.2) is 0 Å². The fraction of sp³-hybridized carbons (Fsp3) is 0.211. The van der Waals surface area contributed by atoms with Gasteiger partial charge in [0, 0.05) is 10.0 Å². The molecule has 1 heterocycles. The number of aryl methyl sites for hydroxylation is 1. The van der Waals surface area contributed by atoms with Crippen LogP contribution in [0.5, 0.6) is 5.75 Å². The molecule has 11 heteroatoms. The van der Waals surface area contributed by atoms with E-state index in [-0.39, 0.29) is 11.7 Å². The number of aromatic nitrogens is 2. The Hall–Kier alpha value is -2.50. The number of sulfonamides is 1. The number of anilines is 2. The lowest BCUT2D eigenvalue weighted by molar-refractivity contribution is -0.114. The van der Waals surface area contributed by atoms with E-state index < -0.39 is 15.9 Å². The summed E-state index contributed by atoms with van der Waals surface area (Å²) in [6.07, 6.45) is 1.06. The number of carbonyl (C=O) groups is 1. The van der Waals surface area contributed by atoms with Gasteiger partial charge in [-0.3, -0.25) is 14.4 Å². The van der Waals surface area contributed by atoms with E-state index in [4.69, 9.17) is 4.74 Å². The SMILES string of the molecule is COc1ccc(-c2nnc(NC(=O)CN(c3ccc(Br)c(C)c3)S(C)(=O)=O)s2)cc1. The molecule has 1 N–H and O–H groups in total. The number of nitrogens with one attached hydrogen (secondary N) is 1. The first-order valence-corrected chi connectivity index (χ1v) is 12.1. The van der Waals surface area contributed by atoms with E-state index in [1.54, 1.807) is 37.4 Å². The molecule has 0 bridgehead atoms. The van der Waals surface area contributed by atoms with E-state index in [2.05, 4.69) is 31.4 Å². The summed E-state index contributed by atoms with van der Waals surface area (Å²) < 4.78 is 31.5. The minimum Gasteiger partial charge on any atom is -0.497 e. The highest BCUT2D eigenvalue weighted by Crippen LogP contribution is 2.28. The number of nitrogens with zero attached hydrogens (tertiary/aromatic N) is 3. The highest BCUT2D eigenvalue weighted by Gasteiger charge is 2.22. The lowest BCUT2D eigenvalue weighted by atomic mass is 10.2. The van der Waals surface area contributed by atoms with Crippen LogP contribution in [-0.4, -0.2) is 44.4 Å². The molecule has 3 rings (SSSR count). The van der Waals surface area contributed by atoms with Gasteiger partial charge >= 0.3 is 0 Å². The summed E-state index contributed by atoms with van der Waals surface area (Å²) in [5, 5.41) is 11.6. The molecule has 0 radical (unpaired) electrons. The Balaban J connectivity index is 1.74. The van der Waals surface area contributed by atoms with Crippen LogP contribution in [0.15, 0.2) is 46.9 Å². The summed E-state index contributed by atoms with van der Waals surface area (Å²) in [4.78, 5) is 12.5. The fourth-order valence-electron chi connectivity index (χ4n) is 2.60. The number of hydrogen-bond donors (Lipinski definition) is 1. The van der Waals surface area contributed by atoms with E-state index in [0.717, 1.165) is 31.9 Å². The lowest BCUT2D eigenvalue weighted by Crippen LogP contribution is -2.37. The lowest BCUT2D eigenvalue weighted by Gasteiger charge is -2.22. The second kappa shape index (κ2) is 9.11. The number of benzene rings is 2. The first-order valence-electron chi connectivity index (χ1n) is 8.69. The second-order valence-electron chi connectivity index (χ2n) is 6.39. The standard InChI is InChI=1S/C19H19BrN4O4S2/c1-12-10-14(6-9-16(12)20)24(30(3,26)27)11-17(25)21-19-23-22-18(29-19)13-4-7-15(28-2)8-5-13/h4-10H,11H2,1-3H3,(H,21,23,25). The summed E-state index contributed by atoms with van der Waals surface area (Å²) in [6, 6.07) is 12.4. The van der Waals surface area contributed by atoms with Crippen molar-refractivity contribution in [3.05, 3.63) is 52.5 Å². The average Bonchev–Trinajstić information content (AvgIpc) is 3.16. The Morgan fingerprint density at radius 3 is 2.50 bits per heavy atom. The van der Waals surface area contributed by atoms with Crippen molar-refractivity contribution >= 4 is 54.0 Å². The van der Waals surface area contributed by atoms with Crippen LogP contribution in [0.4, 0.5) is 10.8 Å². The number of hydrogen-bond acceptors (Lipinski definition) is 7. The van der Waals surface area contributed by atoms with Crippen LogP contribution >= 0.6 is 27.3 Å². The van der Waals surface area contributed by atoms with Crippen LogP contribution in [0.3, 0.4) is 0 Å². The first kappa shape index (κ1) is 22.2. The van der Waals surface area contributed by atoms with Crippen molar-refractivity contribution in [2.24, 2.45) is 0 Å². The Morgan fingerprint density at radius 2 is 1.90 bits per heavy atom. The van der Waals surface area contributed by atoms with Crippen LogP contribution in [0.1, 0.15) is 5.56 Å². The molecule has 0 fully saturated rings. The molecule has 8 nitrogen and oxygen atoms in total. The highest BCUT2D eigenvalue weighted by molar-refractivity contribution is 9.10. The predicted molar refractivity (Wildman–Crippen MR) is 122 cm³/mol. The quantitative estimate of drug-likeness (QED) is 0.519. The van der Waals surface area contributed by atoms with Gasteiger partial charge in [-0.05, 0) is 55.0 Å². The summed E-state index contributed by atoms with van der Waals surface area (Å²) in [7, 11) is -2.08. The van der Waals surface area contributed by atoms with Crippen LogP contribution in [-0.2, 0) is 14.8 Å². The van der Waals surface area contributed by atoms with Gasteiger partial charge in [0.1, 0.15) is 17.3 Å². The number of amides is 1. The molecule has 2 aromatic carbocycles. The van der Waals surface area contributed by atoms with Crippen LogP contribution in [0, 0.1) is 6.92 Å². The Morgan fingerprint density at radius 1 is 1.20 bits per heavy atom. The van der Waals surface area contributed by atoms with Gasteiger partial charge in [-0.25, -0.2) is 8.42 Å². The molecule has 158 valence electrons. The average molecular weight is 511 g/mol. The first-order chi connectivity index (χ1) is 14.2. The molecule has 0 saturated carbocycles. The van der Waals surface area contributed by atoms with Gasteiger partial charge in [0.25, 0.3) is 0 Å². The molecule has 0 unspecified atom stereocenters. The number of methoxy groups -OCH3 is 1. The molecule has 1 amide bonds. The van der Waals surface area contributed by atoms with E-state index in [1.807, 2.05) is 19.1 Å². The monoisotopic (exact) mass is 510 g/mol. The maximum Gasteiger partial charge on any atom is 0.246 e. The summed E-state index contributed by atoms with van der Waals surface area (Å²) in [6.45, 7) is 1.47. The maximum atomic E-state index is 12.5. The molecule has 0 aliphatic heterocycles. The molecule has 0 spiro atoms. The van der Waals surface area contributed by atoms with Crippen molar-refractivity contribution in [2.45, 2.75) is 6.92 Å². The summed E-state index contributed by atoms with van der Waals surface area (Å²) in [5.74, 6) is 0.208. The van der Waals surface area contributed by atoms with Crippen molar-refractivity contribution in [1.29, 1.82) is 0 Å². The topological polar surface area (TPSA) is 101 Å². The van der Waals surface area contributed by atoms with E-state index in [0.29, 0.717) is 10.7 Å². The van der Waals surface area contributed by atoms with Gasteiger partial charge in [0.2, 0.25) is 21.1 Å². The Bertz CT molecular complexity index is 1160. The molecule has 0 aliphatic rings. The van der Waals surface area contributed by atoms with Gasteiger partial charge in [-0.1, -0.05) is 27.3 Å². The summed E-state index contributed by atoms with van der Waals surface area (Å²) in [5.41, 5.74) is 2.09. The second-order valence-corrected chi connectivity index (χ2v) is 10.1. The van der Waals surface area contributed by atoms with Crippen LogP contribution in [0.25, 0.3) is 10.6 Å². The minimum absolute atomic E-state index is 0.284. The maximum absolute atomic E-state index is 12.5. The third-order valence-electron chi connectivity index (χ3n) is 4.13. The minimum atomic E-state index is -3.67. The number of rotatable bonds is 7. The van der Waals surface area contributed by atoms with Crippen molar-refractivity contribution < 1.29 is 17.9 Å². The highest BCUT2D eigenvalue weighted by atomic mass is 79.9. The molecule has 0 saturated heterocycles. The molecular formula is C19H19BrN4O4S2. The molecule has 0 aliphatic carbocycles. The smallest absolute Gasteiger partial charge is 0.246 e. The van der Waals surface area contributed by atoms with E-state index in [1.165, 1.54) is 11.3 Å². The largest absolute Gasteiger partial charge is 0.497 e. The Kier molecular flexibility index (Phi) is 6.74. The number of halogens is 1. The van der Waals surface area contributed by atoms with Crippen LogP contribution in [0.2, 0.25) is 0 Å². The fourth-order valence-corrected chi connectivity index (χ4v) is 4.46. The normalized spacial score (nSPS) is 11.2. The van der Waals surface area contributed by atoms with Crippen molar-refractivity contribution in [2.75, 3.05) is 29.5 Å². The van der Waals surface area contributed by atoms with Crippen molar-refractivity contribution in [3.63, 3.8) is 0 Å². The zero-order valence-electron chi connectivity index (χ0n) is 16.4. The molecule has 30 heavy (non-hydrogen) atoms. The molecule has 1 aromatic heterocycles. The molecule has 3 aromatic rings. The van der Waals surface area contributed by atoms with Crippen molar-refractivity contribution in [1.82, 2.24) is 10.2 Å². The van der Waals surface area contributed by atoms with Gasteiger partial charge in [-0.15, -0.1) is 10.2 Å². The zero-order valence-corrected chi connectivity index (χ0v) is 19.6. The van der Waals surface area contributed by atoms with Gasteiger partial charge in [-0.2, -0.15) is 0 Å². The molecule has 0 atom stereocenters. The number of ether oxygens (including phenoxy) is 1. The third kappa shape index (κ3) is 5.35. The Labute approximate surface area is 187 Å². The third-order valence-corrected chi connectivity index (χ3v) is 7.04. The summed E-state index contributed by atoms with van der Waals surface area (Å²) >= 11 is 4.58. The number of carbonyl (C=O) groups excluding carboxylic acids is 1. The van der Waals surface area contributed by atoms with Crippen molar-refractivity contribution in [3.8, 4) is 16.3 Å². The van der Waals surface area contributed by atoms with E-state index >= 15 is 0 Å². The van der Waals surface area contributed by atoms with E-state index in [9.17, 15) is 13.2 Å². The molecular weight excluding hydrogens is 492 g/mol. The van der Waals surface area contributed by atoms with Crippen LogP contribution < -0.4 is 14.4 Å². The predicted octanol–water partition coefficient (Wildman–Crippen LogP) is 3.69. The van der Waals surface area contributed by atoms with Gasteiger partial charge in [0.05, 0.1) is 19.1 Å².